The number of hydrogen-bond donors (Lipinski definition) is 2. The van der Waals surface area contributed by atoms with Crippen LogP contribution in [0.2, 0.25) is 0 Å². The molecule has 1 aromatic carbocycles. The van der Waals surface area contributed by atoms with Crippen LogP contribution >= 0.6 is 11.3 Å². The second-order valence-corrected chi connectivity index (χ2v) is 8.08. The van der Waals surface area contributed by atoms with Crippen LogP contribution in [-0.2, 0) is 13.0 Å². The molecule has 7 heteroatoms. The van der Waals surface area contributed by atoms with Gasteiger partial charge in [-0.15, -0.1) is 11.3 Å². The van der Waals surface area contributed by atoms with Crippen molar-refractivity contribution in [1.29, 1.82) is 0 Å². The first-order chi connectivity index (χ1) is 14.1. The number of hydrogen-bond acceptors (Lipinski definition) is 5. The van der Waals surface area contributed by atoms with Crippen LogP contribution in [0.1, 0.15) is 36.2 Å². The zero-order valence-electron chi connectivity index (χ0n) is 18.2. The van der Waals surface area contributed by atoms with Gasteiger partial charge in [0.25, 0.3) is 0 Å². The third kappa shape index (κ3) is 8.83. The topological polar surface area (TPSA) is 61.8 Å². The fourth-order valence-electron chi connectivity index (χ4n) is 2.84. The van der Waals surface area contributed by atoms with Crippen LogP contribution < -0.4 is 15.4 Å². The molecule has 0 unspecified atom stereocenters. The van der Waals surface area contributed by atoms with E-state index in [1.54, 1.807) is 11.3 Å². The van der Waals surface area contributed by atoms with Gasteiger partial charge in [-0.25, -0.2) is 9.98 Å². The van der Waals surface area contributed by atoms with Gasteiger partial charge in [-0.3, -0.25) is 0 Å². The third-order valence-corrected chi connectivity index (χ3v) is 5.53. The molecule has 0 aliphatic rings. The highest BCUT2D eigenvalue weighted by atomic mass is 32.1. The summed E-state index contributed by atoms with van der Waals surface area (Å²) in [7, 11) is 0. The third-order valence-electron chi connectivity index (χ3n) is 4.56. The van der Waals surface area contributed by atoms with Crippen LogP contribution in [-0.4, -0.2) is 55.2 Å². The SMILES string of the molecule is CCNC(=NCc1ccc(OCCN(CC)CC)cc1)NCCc1ncc(C)s1. The highest BCUT2D eigenvalue weighted by molar-refractivity contribution is 7.11. The van der Waals surface area contributed by atoms with Gasteiger partial charge in [0.05, 0.1) is 11.6 Å². The van der Waals surface area contributed by atoms with Crippen molar-refractivity contribution >= 4 is 17.3 Å². The first-order valence-electron chi connectivity index (χ1n) is 10.5. The molecule has 0 bridgehead atoms. The summed E-state index contributed by atoms with van der Waals surface area (Å²) in [5.74, 6) is 1.74. The zero-order valence-corrected chi connectivity index (χ0v) is 19.0. The average Bonchev–Trinajstić information content (AvgIpc) is 3.15. The summed E-state index contributed by atoms with van der Waals surface area (Å²) < 4.78 is 5.85. The van der Waals surface area contributed by atoms with Gasteiger partial charge in [-0.05, 0) is 44.6 Å². The quantitative estimate of drug-likeness (QED) is 0.409. The molecule has 0 saturated carbocycles. The molecule has 0 saturated heterocycles. The van der Waals surface area contributed by atoms with E-state index < -0.39 is 0 Å². The number of aliphatic imine (C=N–C) groups is 1. The number of thiazole rings is 1. The lowest BCUT2D eigenvalue weighted by molar-refractivity contribution is 0.223. The Morgan fingerprint density at radius 2 is 1.90 bits per heavy atom. The van der Waals surface area contributed by atoms with Crippen molar-refractivity contribution in [3.8, 4) is 5.75 Å². The van der Waals surface area contributed by atoms with Crippen LogP contribution in [0.3, 0.4) is 0 Å². The van der Waals surface area contributed by atoms with Crippen LogP contribution in [0, 0.1) is 6.92 Å². The predicted octanol–water partition coefficient (Wildman–Crippen LogP) is 3.47. The van der Waals surface area contributed by atoms with Crippen molar-refractivity contribution in [1.82, 2.24) is 20.5 Å². The number of rotatable bonds is 12. The lowest BCUT2D eigenvalue weighted by Gasteiger charge is -2.18. The number of ether oxygens (including phenoxy) is 1. The normalized spacial score (nSPS) is 11.7. The van der Waals surface area contributed by atoms with Gasteiger partial charge < -0.3 is 20.3 Å². The zero-order chi connectivity index (χ0) is 20.9. The maximum Gasteiger partial charge on any atom is 0.191 e. The average molecular weight is 418 g/mol. The number of benzene rings is 1. The van der Waals surface area contributed by atoms with Gasteiger partial charge in [0.1, 0.15) is 12.4 Å². The van der Waals surface area contributed by atoms with Crippen LogP contribution in [0.5, 0.6) is 5.75 Å². The van der Waals surface area contributed by atoms with E-state index in [1.165, 1.54) is 4.88 Å². The van der Waals surface area contributed by atoms with Crippen molar-refractivity contribution in [2.75, 3.05) is 39.3 Å². The molecule has 2 N–H and O–H groups in total. The van der Waals surface area contributed by atoms with E-state index in [2.05, 4.69) is 65.3 Å². The molecule has 2 aromatic rings. The first kappa shape index (κ1) is 23.2. The Bertz CT molecular complexity index is 725. The molecule has 0 amide bonds. The standard InChI is InChI=1S/C22H35N5OS/c1-5-23-22(24-13-12-21-25-16-18(4)29-21)26-17-19-8-10-20(11-9-19)28-15-14-27(6-2)7-3/h8-11,16H,5-7,12-15,17H2,1-4H3,(H2,23,24,26). The Hall–Kier alpha value is -2.12. The van der Waals surface area contributed by atoms with Crippen molar-refractivity contribution in [3.05, 3.63) is 45.9 Å². The number of nitrogens with zero attached hydrogens (tertiary/aromatic N) is 3. The highest BCUT2D eigenvalue weighted by Gasteiger charge is 2.02. The summed E-state index contributed by atoms with van der Waals surface area (Å²) in [5, 5.41) is 7.84. The number of likely N-dealkylation sites (N-methyl/N-ethyl adjacent to an activating group) is 1. The molecule has 0 aliphatic carbocycles. The fourth-order valence-corrected chi connectivity index (χ4v) is 3.63. The lowest BCUT2D eigenvalue weighted by Crippen LogP contribution is -2.38. The van der Waals surface area contributed by atoms with Crippen LogP contribution in [0.25, 0.3) is 0 Å². The molecule has 160 valence electrons. The minimum absolute atomic E-state index is 0.630. The van der Waals surface area contributed by atoms with Crippen LogP contribution in [0.15, 0.2) is 35.5 Å². The van der Waals surface area contributed by atoms with E-state index in [0.717, 1.165) is 61.4 Å². The van der Waals surface area contributed by atoms with E-state index in [9.17, 15) is 0 Å². The molecule has 1 aromatic heterocycles. The molecule has 0 spiro atoms. The van der Waals surface area contributed by atoms with Gasteiger partial charge >= 0.3 is 0 Å². The maximum absolute atomic E-state index is 5.85. The molecular formula is C22H35N5OS. The van der Waals surface area contributed by atoms with Crippen molar-refractivity contribution in [2.24, 2.45) is 4.99 Å². The van der Waals surface area contributed by atoms with Gasteiger partial charge in [0.15, 0.2) is 5.96 Å². The van der Waals surface area contributed by atoms with E-state index >= 15 is 0 Å². The van der Waals surface area contributed by atoms with Gasteiger partial charge in [0.2, 0.25) is 0 Å². The Kier molecular flexibility index (Phi) is 10.5. The molecule has 0 atom stereocenters. The molecule has 1 heterocycles. The largest absolute Gasteiger partial charge is 0.492 e. The lowest BCUT2D eigenvalue weighted by atomic mass is 10.2. The molecule has 2 rings (SSSR count). The summed E-state index contributed by atoms with van der Waals surface area (Å²) in [4.78, 5) is 12.7. The van der Waals surface area contributed by atoms with Crippen molar-refractivity contribution < 1.29 is 4.74 Å². The molecule has 0 aliphatic heterocycles. The Morgan fingerprint density at radius 1 is 1.14 bits per heavy atom. The number of guanidine groups is 1. The van der Waals surface area contributed by atoms with Crippen molar-refractivity contribution in [2.45, 2.75) is 40.7 Å². The minimum atomic E-state index is 0.630. The summed E-state index contributed by atoms with van der Waals surface area (Å²) in [5.41, 5.74) is 1.16. The van der Waals surface area contributed by atoms with Crippen LogP contribution in [0.4, 0.5) is 0 Å². The second kappa shape index (κ2) is 13.2. The van der Waals surface area contributed by atoms with E-state index in [4.69, 9.17) is 4.74 Å². The Balaban J connectivity index is 1.78. The monoisotopic (exact) mass is 417 g/mol. The number of aryl methyl sites for hydroxylation is 1. The van der Waals surface area contributed by atoms with E-state index in [-0.39, 0.29) is 0 Å². The van der Waals surface area contributed by atoms with E-state index in [0.29, 0.717) is 13.2 Å². The minimum Gasteiger partial charge on any atom is -0.492 e. The first-order valence-corrected chi connectivity index (χ1v) is 11.3. The highest BCUT2D eigenvalue weighted by Crippen LogP contribution is 2.13. The molecule has 0 radical (unpaired) electrons. The molecular weight excluding hydrogens is 382 g/mol. The number of aromatic nitrogens is 1. The van der Waals surface area contributed by atoms with Gasteiger partial charge in [-0.2, -0.15) is 0 Å². The molecule has 29 heavy (non-hydrogen) atoms. The molecule has 6 nitrogen and oxygen atoms in total. The van der Waals surface area contributed by atoms with E-state index in [1.807, 2.05) is 18.3 Å². The Morgan fingerprint density at radius 3 is 2.52 bits per heavy atom. The summed E-state index contributed by atoms with van der Waals surface area (Å²) in [6, 6.07) is 8.22. The van der Waals surface area contributed by atoms with Crippen molar-refractivity contribution in [3.63, 3.8) is 0 Å². The molecule has 0 fully saturated rings. The predicted molar refractivity (Wildman–Crippen MR) is 123 cm³/mol. The Labute approximate surface area is 179 Å². The number of nitrogens with one attached hydrogen (secondary N) is 2. The smallest absolute Gasteiger partial charge is 0.191 e. The summed E-state index contributed by atoms with van der Waals surface area (Å²) in [6.07, 6.45) is 2.83. The maximum atomic E-state index is 5.85. The van der Waals surface area contributed by atoms with Gasteiger partial charge in [-0.1, -0.05) is 26.0 Å². The second-order valence-electron chi connectivity index (χ2n) is 6.76. The fraction of sp³-hybridized carbons (Fsp3) is 0.545. The van der Waals surface area contributed by atoms with Gasteiger partial charge in [0, 0.05) is 37.1 Å². The summed E-state index contributed by atoms with van der Waals surface area (Å²) in [6.45, 7) is 14.6. The summed E-state index contributed by atoms with van der Waals surface area (Å²) >= 11 is 1.75.